The smallest absolute Gasteiger partial charge is 0.331 e. The molecule has 1 aromatic rings. The van der Waals surface area contributed by atoms with Crippen LogP contribution in [0.25, 0.3) is 0 Å². The van der Waals surface area contributed by atoms with E-state index in [1.807, 2.05) is 36.4 Å². The molecule has 0 aromatic heterocycles. The maximum atomic E-state index is 12.5. The molecule has 0 saturated carbocycles. The van der Waals surface area contributed by atoms with Crippen LogP contribution < -0.4 is 4.74 Å². The lowest BCUT2D eigenvalue weighted by Crippen LogP contribution is -2.29. The summed E-state index contributed by atoms with van der Waals surface area (Å²) in [5, 5.41) is 0. The van der Waals surface area contributed by atoms with Gasteiger partial charge in [-0.1, -0.05) is 139 Å². The Morgan fingerprint density at radius 3 is 1.69 bits per heavy atom. The number of hydrogen-bond donors (Lipinski definition) is 0. The van der Waals surface area contributed by atoms with Crippen LogP contribution in [0, 0.1) is 0 Å². The highest BCUT2D eigenvalue weighted by Crippen LogP contribution is 2.13. The Balaban J connectivity index is 2.46. The molecule has 6 nitrogen and oxygen atoms in total. The van der Waals surface area contributed by atoms with Gasteiger partial charge in [0.05, 0.1) is 20.3 Å². The average Bonchev–Trinajstić information content (AvgIpc) is 3.05. The van der Waals surface area contributed by atoms with E-state index < -0.39 is 18.0 Å². The van der Waals surface area contributed by atoms with Gasteiger partial charge in [0.15, 0.2) is 6.10 Å². The Hall–Kier alpha value is -3.12. The molecule has 6 heteroatoms. The molecule has 0 aliphatic carbocycles. The number of rotatable bonds is 28. The number of esters is 2. The molecule has 45 heavy (non-hydrogen) atoms. The van der Waals surface area contributed by atoms with E-state index in [0.717, 1.165) is 37.0 Å². The highest BCUT2D eigenvalue weighted by atomic mass is 16.6. The molecule has 0 aliphatic rings. The van der Waals surface area contributed by atoms with Crippen molar-refractivity contribution in [2.75, 3.05) is 20.3 Å². The van der Waals surface area contributed by atoms with Gasteiger partial charge in [0.2, 0.25) is 0 Å². The highest BCUT2D eigenvalue weighted by molar-refractivity contribution is 5.83. The van der Waals surface area contributed by atoms with Crippen molar-refractivity contribution >= 4 is 11.9 Å². The number of methoxy groups -OCH3 is 1. The Morgan fingerprint density at radius 1 is 0.644 bits per heavy atom. The van der Waals surface area contributed by atoms with Crippen molar-refractivity contribution in [1.82, 2.24) is 0 Å². The van der Waals surface area contributed by atoms with Crippen molar-refractivity contribution in [2.45, 2.75) is 129 Å². The van der Waals surface area contributed by atoms with Crippen molar-refractivity contribution in [1.29, 1.82) is 0 Å². The van der Waals surface area contributed by atoms with E-state index in [0.29, 0.717) is 6.61 Å². The normalized spacial score (nSPS) is 12.5. The molecule has 0 heterocycles. The molecule has 1 aromatic carbocycles. The fraction of sp³-hybridized carbons (Fsp3) is 0.590. The van der Waals surface area contributed by atoms with E-state index in [4.69, 9.17) is 18.9 Å². The first-order chi connectivity index (χ1) is 22.1. The third kappa shape index (κ3) is 24.8. The van der Waals surface area contributed by atoms with Gasteiger partial charge < -0.3 is 18.9 Å². The molecule has 0 aliphatic heterocycles. The van der Waals surface area contributed by atoms with E-state index in [2.05, 4.69) is 26.0 Å². The Bertz CT molecular complexity index is 976. The molecule has 0 radical (unpaired) electrons. The molecule has 0 bridgehead atoms. The molecule has 0 saturated heterocycles. The van der Waals surface area contributed by atoms with Crippen molar-refractivity contribution in [3.8, 4) is 5.75 Å². The van der Waals surface area contributed by atoms with Gasteiger partial charge in [0.1, 0.15) is 12.4 Å². The minimum absolute atomic E-state index is 0.0923. The predicted octanol–water partition coefficient (Wildman–Crippen LogP) is 10.2. The summed E-state index contributed by atoms with van der Waals surface area (Å²) in [5.74, 6) is -0.231. The third-order valence-electron chi connectivity index (χ3n) is 7.33. The lowest BCUT2D eigenvalue weighted by Gasteiger charge is -2.17. The Morgan fingerprint density at radius 2 is 1.16 bits per heavy atom. The molecule has 0 amide bonds. The van der Waals surface area contributed by atoms with Gasteiger partial charge in [0.25, 0.3) is 0 Å². The number of unbranched alkanes of at least 4 members (excludes halogenated alkanes) is 14. The second-order valence-corrected chi connectivity index (χ2v) is 11.4. The van der Waals surface area contributed by atoms with E-state index in [1.165, 1.54) is 89.2 Å². The lowest BCUT2D eigenvalue weighted by molar-refractivity contribution is -0.156. The molecule has 0 unspecified atom stereocenters. The summed E-state index contributed by atoms with van der Waals surface area (Å²) in [5.41, 5.74) is 0.954. The van der Waals surface area contributed by atoms with E-state index in [9.17, 15) is 9.59 Å². The molecule has 0 N–H and O–H groups in total. The topological polar surface area (TPSA) is 71.1 Å². The van der Waals surface area contributed by atoms with Gasteiger partial charge in [-0.2, -0.15) is 0 Å². The highest BCUT2D eigenvalue weighted by Gasteiger charge is 2.16. The summed E-state index contributed by atoms with van der Waals surface area (Å²) in [6.07, 6.45) is 33.2. The monoisotopic (exact) mass is 624 g/mol. The number of hydrogen-bond acceptors (Lipinski definition) is 6. The van der Waals surface area contributed by atoms with Crippen LogP contribution >= 0.6 is 0 Å². The number of carbonyl (C=O) groups is 2. The summed E-state index contributed by atoms with van der Waals surface area (Å²) in [4.78, 5) is 24.7. The minimum atomic E-state index is -0.734. The van der Waals surface area contributed by atoms with Crippen LogP contribution in [-0.4, -0.2) is 38.4 Å². The quantitative estimate of drug-likeness (QED) is 0.0400. The molecule has 1 rings (SSSR count). The standard InChI is InChI=1S/C39H60O6/c1-4-6-8-10-12-14-16-18-20-22-24-26-38(40)44-34-37(33-43-32-35-28-30-36(42-3)31-29-35)45-39(41)27-25-23-21-19-17-15-13-11-9-7-5-2/h20-31,37H,4-19,32-34H2,1-3H3/b22-20+,23-21+,26-24+,27-25+/t37-/m0/s1. The first-order valence-electron chi connectivity index (χ1n) is 17.3. The minimum Gasteiger partial charge on any atom is -0.497 e. The maximum Gasteiger partial charge on any atom is 0.331 e. The van der Waals surface area contributed by atoms with Gasteiger partial charge in [-0.15, -0.1) is 0 Å². The van der Waals surface area contributed by atoms with E-state index in [1.54, 1.807) is 19.3 Å². The summed E-state index contributed by atoms with van der Waals surface area (Å²) in [6, 6.07) is 7.54. The Labute approximate surface area is 273 Å². The summed E-state index contributed by atoms with van der Waals surface area (Å²) >= 11 is 0. The largest absolute Gasteiger partial charge is 0.497 e. The number of ether oxygens (including phenoxy) is 4. The van der Waals surface area contributed by atoms with Crippen LogP contribution in [0.5, 0.6) is 5.75 Å². The van der Waals surface area contributed by atoms with Gasteiger partial charge in [-0.25, -0.2) is 9.59 Å². The molecular weight excluding hydrogens is 564 g/mol. The molecule has 0 spiro atoms. The van der Waals surface area contributed by atoms with Gasteiger partial charge in [0, 0.05) is 12.2 Å². The second-order valence-electron chi connectivity index (χ2n) is 11.4. The van der Waals surface area contributed by atoms with Crippen LogP contribution in [0.15, 0.2) is 72.9 Å². The fourth-order valence-corrected chi connectivity index (χ4v) is 4.63. The molecule has 0 fully saturated rings. The maximum absolute atomic E-state index is 12.5. The summed E-state index contributed by atoms with van der Waals surface area (Å²) < 4.78 is 21.9. The zero-order valence-corrected chi connectivity index (χ0v) is 28.4. The number of allylic oxidation sites excluding steroid dienone is 6. The molecular formula is C39H60O6. The van der Waals surface area contributed by atoms with E-state index in [-0.39, 0.29) is 13.2 Å². The van der Waals surface area contributed by atoms with Gasteiger partial charge >= 0.3 is 11.9 Å². The number of carbonyl (C=O) groups excluding carboxylic acids is 2. The van der Waals surface area contributed by atoms with Crippen molar-refractivity contribution in [3.63, 3.8) is 0 Å². The van der Waals surface area contributed by atoms with Gasteiger partial charge in [-0.05, 0) is 43.4 Å². The van der Waals surface area contributed by atoms with Gasteiger partial charge in [-0.3, -0.25) is 0 Å². The average molecular weight is 625 g/mol. The van der Waals surface area contributed by atoms with Crippen molar-refractivity contribution < 1.29 is 28.5 Å². The lowest BCUT2D eigenvalue weighted by atomic mass is 10.1. The second kappa shape index (κ2) is 29.6. The van der Waals surface area contributed by atoms with Crippen LogP contribution in [-0.2, 0) is 30.4 Å². The first-order valence-corrected chi connectivity index (χ1v) is 17.3. The van der Waals surface area contributed by atoms with Crippen LogP contribution in [0.1, 0.15) is 122 Å². The van der Waals surface area contributed by atoms with E-state index >= 15 is 0 Å². The zero-order valence-electron chi connectivity index (χ0n) is 28.4. The fourth-order valence-electron chi connectivity index (χ4n) is 4.63. The predicted molar refractivity (Wildman–Crippen MR) is 185 cm³/mol. The number of benzene rings is 1. The molecule has 1 atom stereocenters. The SMILES string of the molecule is CCCCCCCCC/C=C/C=C/C(=O)OC[C@H](COCc1ccc(OC)cc1)OC(=O)/C=C/C=C/CCCCCCCCC. The van der Waals surface area contributed by atoms with Crippen LogP contribution in [0.4, 0.5) is 0 Å². The van der Waals surface area contributed by atoms with Crippen LogP contribution in [0.2, 0.25) is 0 Å². The zero-order chi connectivity index (χ0) is 32.6. The first kappa shape index (κ1) is 39.9. The van der Waals surface area contributed by atoms with Crippen molar-refractivity contribution in [2.24, 2.45) is 0 Å². The van der Waals surface area contributed by atoms with Crippen molar-refractivity contribution in [3.05, 3.63) is 78.4 Å². The summed E-state index contributed by atoms with van der Waals surface area (Å²) in [6.45, 7) is 4.79. The third-order valence-corrected chi connectivity index (χ3v) is 7.33. The molecule has 252 valence electrons. The summed E-state index contributed by atoms with van der Waals surface area (Å²) in [7, 11) is 1.62. The van der Waals surface area contributed by atoms with Crippen LogP contribution in [0.3, 0.4) is 0 Å². The Kier molecular flexibility index (Phi) is 26.2.